The van der Waals surface area contributed by atoms with Crippen LogP contribution in [0.5, 0.6) is 0 Å². The van der Waals surface area contributed by atoms with Gasteiger partial charge in [-0.1, -0.05) is 18.1 Å². The zero-order chi connectivity index (χ0) is 17.4. The molecule has 3 fully saturated rings. The lowest BCUT2D eigenvalue weighted by Crippen LogP contribution is -2.49. The van der Waals surface area contributed by atoms with Crippen LogP contribution in [-0.2, 0) is 6.54 Å². The molecule has 4 unspecified atom stereocenters. The second-order valence-corrected chi connectivity index (χ2v) is 7.82. The maximum Gasteiger partial charge on any atom is 0.315 e. The molecular formula is C17H27N5O3. The fourth-order valence-electron chi connectivity index (χ4n) is 4.12. The number of aliphatic hydroxyl groups is 2. The fraction of sp³-hybridized carbons (Fsp3) is 0.824. The number of nitrogens with zero attached hydrogens (tertiary/aromatic N) is 3. The molecule has 0 bridgehead atoms. The summed E-state index contributed by atoms with van der Waals surface area (Å²) in [6, 6.07) is -0.455. The number of carbonyl (C=O) groups excluding carboxylic acids is 1. The normalized spacial score (nSPS) is 32.9. The van der Waals surface area contributed by atoms with Crippen molar-refractivity contribution in [1.82, 2.24) is 25.6 Å². The summed E-state index contributed by atoms with van der Waals surface area (Å²) in [5, 5.41) is 34.7. The smallest absolute Gasteiger partial charge is 0.315 e. The van der Waals surface area contributed by atoms with Crippen molar-refractivity contribution >= 4 is 6.03 Å². The molecule has 0 aromatic carbocycles. The minimum absolute atomic E-state index is 0.152. The predicted molar refractivity (Wildman–Crippen MR) is 89.8 cm³/mol. The van der Waals surface area contributed by atoms with Crippen LogP contribution in [0.1, 0.15) is 56.6 Å². The van der Waals surface area contributed by atoms with E-state index in [0.717, 1.165) is 31.4 Å². The molecule has 4 N–H and O–H groups in total. The third-order valence-corrected chi connectivity index (χ3v) is 5.78. The number of aromatic nitrogens is 3. The number of carbonyl (C=O) groups is 1. The van der Waals surface area contributed by atoms with Crippen LogP contribution in [0.25, 0.3) is 0 Å². The van der Waals surface area contributed by atoms with E-state index in [4.69, 9.17) is 0 Å². The van der Waals surface area contributed by atoms with E-state index < -0.39 is 18.2 Å². The Labute approximate surface area is 147 Å². The average Bonchev–Trinajstić information content (AvgIpc) is 3.00. The van der Waals surface area contributed by atoms with Gasteiger partial charge in [0.15, 0.2) is 0 Å². The van der Waals surface area contributed by atoms with Gasteiger partial charge in [-0.05, 0) is 32.1 Å². The highest BCUT2D eigenvalue weighted by Gasteiger charge is 2.42. The number of hydrogen-bond donors (Lipinski definition) is 4. The summed E-state index contributed by atoms with van der Waals surface area (Å²) in [5.41, 5.74) is 1.01. The Hall–Kier alpha value is -1.67. The quantitative estimate of drug-likeness (QED) is 0.619. The first-order valence-corrected chi connectivity index (χ1v) is 9.43. The zero-order valence-electron chi connectivity index (χ0n) is 14.3. The van der Waals surface area contributed by atoms with Gasteiger partial charge in [0, 0.05) is 30.6 Å². The first-order valence-electron chi connectivity index (χ1n) is 9.43. The molecule has 3 aliphatic rings. The summed E-state index contributed by atoms with van der Waals surface area (Å²) < 4.78 is 1.75. The number of hydrogen-bond acceptors (Lipinski definition) is 5. The molecular weight excluding hydrogens is 322 g/mol. The van der Waals surface area contributed by atoms with E-state index in [0.29, 0.717) is 18.9 Å². The summed E-state index contributed by atoms with van der Waals surface area (Å²) in [6.07, 6.45) is 7.32. The van der Waals surface area contributed by atoms with Gasteiger partial charge < -0.3 is 20.8 Å². The highest BCUT2D eigenvalue weighted by Crippen LogP contribution is 2.38. The molecule has 0 saturated heterocycles. The zero-order valence-corrected chi connectivity index (χ0v) is 14.3. The molecule has 8 nitrogen and oxygen atoms in total. The molecule has 3 aliphatic carbocycles. The van der Waals surface area contributed by atoms with E-state index in [2.05, 4.69) is 20.9 Å². The van der Waals surface area contributed by atoms with E-state index >= 15 is 0 Å². The Morgan fingerprint density at radius 3 is 2.64 bits per heavy atom. The molecule has 4 atom stereocenters. The van der Waals surface area contributed by atoms with Gasteiger partial charge in [-0.3, -0.25) is 4.68 Å². The Morgan fingerprint density at radius 1 is 1.16 bits per heavy atom. The van der Waals surface area contributed by atoms with Gasteiger partial charge in [0.05, 0.1) is 17.8 Å². The lowest BCUT2D eigenvalue weighted by atomic mass is 10.1. The maximum absolute atomic E-state index is 12.1. The van der Waals surface area contributed by atoms with Crippen LogP contribution in [0.4, 0.5) is 4.79 Å². The van der Waals surface area contributed by atoms with Crippen molar-refractivity contribution in [2.24, 2.45) is 5.92 Å². The van der Waals surface area contributed by atoms with Gasteiger partial charge in [-0.2, -0.15) is 0 Å². The van der Waals surface area contributed by atoms with Crippen LogP contribution in [0, 0.1) is 5.92 Å². The van der Waals surface area contributed by atoms with Gasteiger partial charge >= 0.3 is 6.03 Å². The van der Waals surface area contributed by atoms with Crippen molar-refractivity contribution in [3.63, 3.8) is 0 Å². The second kappa shape index (κ2) is 6.92. The van der Waals surface area contributed by atoms with Gasteiger partial charge in [-0.15, -0.1) is 5.10 Å². The lowest BCUT2D eigenvalue weighted by Gasteiger charge is -2.20. The molecule has 0 spiro atoms. The fourth-order valence-corrected chi connectivity index (χ4v) is 4.12. The van der Waals surface area contributed by atoms with Crippen molar-refractivity contribution < 1.29 is 15.0 Å². The lowest BCUT2D eigenvalue weighted by molar-refractivity contribution is 0.00857. The van der Waals surface area contributed by atoms with E-state index in [9.17, 15) is 15.0 Å². The second-order valence-electron chi connectivity index (χ2n) is 7.82. The molecule has 25 heavy (non-hydrogen) atoms. The first-order chi connectivity index (χ1) is 12.1. The molecule has 2 amide bonds. The van der Waals surface area contributed by atoms with Crippen molar-refractivity contribution in [1.29, 1.82) is 0 Å². The minimum Gasteiger partial charge on any atom is -0.390 e. The number of nitrogens with one attached hydrogen (secondary N) is 2. The Bertz CT molecular complexity index is 611. The number of urea groups is 1. The van der Waals surface area contributed by atoms with Crippen molar-refractivity contribution in [3.8, 4) is 0 Å². The Balaban J connectivity index is 1.30. The highest BCUT2D eigenvalue weighted by molar-refractivity contribution is 5.74. The number of amides is 2. The van der Waals surface area contributed by atoms with E-state index in [-0.39, 0.29) is 18.0 Å². The first kappa shape index (κ1) is 16.8. The minimum atomic E-state index is -0.953. The summed E-state index contributed by atoms with van der Waals surface area (Å²) in [4.78, 5) is 12.1. The molecule has 0 radical (unpaired) electrons. The van der Waals surface area contributed by atoms with E-state index in [1.54, 1.807) is 4.68 Å². The molecule has 1 heterocycles. The Morgan fingerprint density at radius 2 is 1.92 bits per heavy atom. The summed E-state index contributed by atoms with van der Waals surface area (Å²) in [6.45, 7) is 0.500. The molecule has 8 heteroatoms. The molecule has 4 rings (SSSR count). The van der Waals surface area contributed by atoms with Crippen molar-refractivity contribution in [2.45, 2.75) is 81.7 Å². The summed E-state index contributed by atoms with van der Waals surface area (Å²) >= 11 is 0. The van der Waals surface area contributed by atoms with Gasteiger partial charge in [0.2, 0.25) is 0 Å². The summed E-state index contributed by atoms with van der Waals surface area (Å²) in [5.74, 6) is 0.391. The Kier molecular flexibility index (Phi) is 4.64. The van der Waals surface area contributed by atoms with Gasteiger partial charge in [0.1, 0.15) is 6.10 Å². The SMILES string of the molecule is O=C(NC1CCCC1)NC1CC(Cn2cc(C3CC3)nn2)C(O)C1O. The van der Waals surface area contributed by atoms with Crippen molar-refractivity contribution in [2.75, 3.05) is 0 Å². The van der Waals surface area contributed by atoms with Gasteiger partial charge in [-0.25, -0.2) is 4.79 Å². The molecule has 3 saturated carbocycles. The predicted octanol–water partition coefficient (Wildman–Crippen LogP) is 0.508. The van der Waals surface area contributed by atoms with Gasteiger partial charge in [0.25, 0.3) is 0 Å². The maximum atomic E-state index is 12.1. The van der Waals surface area contributed by atoms with E-state index in [1.807, 2.05) is 6.20 Å². The monoisotopic (exact) mass is 349 g/mol. The molecule has 1 aromatic heterocycles. The van der Waals surface area contributed by atoms with E-state index in [1.165, 1.54) is 12.8 Å². The molecule has 0 aliphatic heterocycles. The molecule has 138 valence electrons. The standard InChI is InChI=1S/C17H27N5O3/c23-15-11(8-22-9-14(20-21-22)10-5-6-10)7-13(16(15)24)19-17(25)18-12-3-1-2-4-12/h9-13,15-16,23-24H,1-8H2,(H2,18,19,25). The topological polar surface area (TPSA) is 112 Å². The largest absolute Gasteiger partial charge is 0.390 e. The van der Waals surface area contributed by atoms with Crippen LogP contribution in [-0.4, -0.2) is 55.5 Å². The van der Waals surface area contributed by atoms with Crippen molar-refractivity contribution in [3.05, 3.63) is 11.9 Å². The van der Waals surface area contributed by atoms with Crippen LogP contribution in [0.2, 0.25) is 0 Å². The third-order valence-electron chi connectivity index (χ3n) is 5.78. The highest BCUT2D eigenvalue weighted by atomic mass is 16.3. The number of rotatable bonds is 5. The summed E-state index contributed by atoms with van der Waals surface area (Å²) in [7, 11) is 0. The molecule has 1 aromatic rings. The van der Waals surface area contributed by atoms with Crippen LogP contribution < -0.4 is 10.6 Å². The average molecular weight is 349 g/mol. The van der Waals surface area contributed by atoms with Crippen LogP contribution >= 0.6 is 0 Å². The van der Waals surface area contributed by atoms with Crippen LogP contribution in [0.15, 0.2) is 6.20 Å². The number of aliphatic hydroxyl groups excluding tert-OH is 2. The van der Waals surface area contributed by atoms with Crippen LogP contribution in [0.3, 0.4) is 0 Å². The third kappa shape index (κ3) is 3.79.